The Hall–Kier alpha value is -0.630. The smallest absolute Gasteiger partial charge is 0.123 e. The van der Waals surface area contributed by atoms with E-state index in [9.17, 15) is 4.79 Å². The van der Waals surface area contributed by atoms with Gasteiger partial charge in [0, 0.05) is 19.6 Å². The summed E-state index contributed by atoms with van der Waals surface area (Å²) in [6.45, 7) is 1.82. The third-order valence-electron chi connectivity index (χ3n) is 2.12. The number of carbonyl (C=O) groups excluding carboxylic acids is 1. The Morgan fingerprint density at radius 1 is 1.42 bits per heavy atom. The van der Waals surface area contributed by atoms with Crippen molar-refractivity contribution in [2.75, 3.05) is 13.2 Å². The summed E-state index contributed by atoms with van der Waals surface area (Å²) in [5.74, 6) is 0.682. The van der Waals surface area contributed by atoms with Gasteiger partial charge in [-0.15, -0.1) is 0 Å². The van der Waals surface area contributed by atoms with Crippen molar-refractivity contribution in [3.63, 3.8) is 0 Å². The maximum atomic E-state index is 9.98. The number of aldehydes is 1. The molecule has 0 bridgehead atoms. The molecule has 68 valence electrons. The normalized spacial score (nSPS) is 24.5. The van der Waals surface area contributed by atoms with E-state index in [0.29, 0.717) is 12.3 Å². The minimum absolute atomic E-state index is 0.549. The van der Waals surface area contributed by atoms with Gasteiger partial charge in [-0.3, -0.25) is 0 Å². The third kappa shape index (κ3) is 3.67. The summed E-state index contributed by atoms with van der Waals surface area (Å²) in [6.07, 6.45) is 9.02. The maximum Gasteiger partial charge on any atom is 0.123 e. The molecule has 1 atom stereocenters. The molecular formula is C10H16O2. The zero-order valence-electron chi connectivity index (χ0n) is 7.37. The van der Waals surface area contributed by atoms with Gasteiger partial charge in [-0.05, 0) is 25.2 Å². The number of rotatable bonds is 4. The van der Waals surface area contributed by atoms with Crippen LogP contribution in [0.3, 0.4) is 0 Å². The Bertz CT molecular complexity index is 146. The second-order valence-electron chi connectivity index (χ2n) is 3.19. The van der Waals surface area contributed by atoms with E-state index in [4.69, 9.17) is 4.74 Å². The van der Waals surface area contributed by atoms with Crippen molar-refractivity contribution in [3.05, 3.63) is 12.2 Å². The van der Waals surface area contributed by atoms with Gasteiger partial charge in [-0.25, -0.2) is 0 Å². The van der Waals surface area contributed by atoms with Crippen molar-refractivity contribution in [3.8, 4) is 0 Å². The Morgan fingerprint density at radius 3 is 3.00 bits per heavy atom. The van der Waals surface area contributed by atoms with Crippen LogP contribution in [0.25, 0.3) is 0 Å². The van der Waals surface area contributed by atoms with Gasteiger partial charge in [0.1, 0.15) is 6.29 Å². The summed E-state index contributed by atoms with van der Waals surface area (Å²) in [5, 5.41) is 0. The fourth-order valence-corrected chi connectivity index (χ4v) is 1.43. The van der Waals surface area contributed by atoms with E-state index in [2.05, 4.69) is 6.08 Å². The fraction of sp³-hybridized carbons (Fsp3) is 0.700. The van der Waals surface area contributed by atoms with E-state index in [1.807, 2.05) is 6.08 Å². The minimum atomic E-state index is 0.549. The van der Waals surface area contributed by atoms with Crippen LogP contribution in [0.4, 0.5) is 0 Å². The van der Waals surface area contributed by atoms with E-state index in [-0.39, 0.29) is 0 Å². The largest absolute Gasteiger partial charge is 0.381 e. The molecule has 1 aliphatic rings. The first-order valence-corrected chi connectivity index (χ1v) is 4.60. The SMILES string of the molecule is O=CC/C=C\CC1CCCOC1. The number of allylic oxidation sites excluding steroid dienone is 2. The molecule has 1 unspecified atom stereocenters. The molecule has 0 aromatic heterocycles. The first kappa shape index (κ1) is 9.46. The first-order valence-electron chi connectivity index (χ1n) is 4.60. The molecule has 12 heavy (non-hydrogen) atoms. The summed E-state index contributed by atoms with van der Waals surface area (Å²) < 4.78 is 5.34. The second kappa shape index (κ2) is 5.95. The van der Waals surface area contributed by atoms with Gasteiger partial charge in [-0.2, -0.15) is 0 Å². The molecule has 0 aliphatic carbocycles. The van der Waals surface area contributed by atoms with Crippen molar-refractivity contribution in [1.82, 2.24) is 0 Å². The van der Waals surface area contributed by atoms with E-state index in [1.54, 1.807) is 0 Å². The highest BCUT2D eigenvalue weighted by molar-refractivity contribution is 5.51. The summed E-state index contributed by atoms with van der Waals surface area (Å²) >= 11 is 0. The van der Waals surface area contributed by atoms with Gasteiger partial charge in [0.25, 0.3) is 0 Å². The molecule has 0 spiro atoms. The lowest BCUT2D eigenvalue weighted by Gasteiger charge is -2.20. The van der Waals surface area contributed by atoms with E-state index in [1.165, 1.54) is 12.8 Å². The molecule has 0 radical (unpaired) electrons. The number of hydrogen-bond donors (Lipinski definition) is 0. The molecule has 0 amide bonds. The molecule has 1 rings (SSSR count). The molecule has 0 aromatic rings. The Balaban J connectivity index is 2.08. The highest BCUT2D eigenvalue weighted by atomic mass is 16.5. The zero-order chi connectivity index (χ0) is 8.65. The van der Waals surface area contributed by atoms with Crippen molar-refractivity contribution >= 4 is 6.29 Å². The lowest BCUT2D eigenvalue weighted by atomic mass is 9.98. The van der Waals surface area contributed by atoms with E-state index in [0.717, 1.165) is 25.9 Å². The van der Waals surface area contributed by atoms with Crippen molar-refractivity contribution < 1.29 is 9.53 Å². The highest BCUT2D eigenvalue weighted by Crippen LogP contribution is 2.17. The number of carbonyl (C=O) groups is 1. The number of ether oxygens (including phenoxy) is 1. The van der Waals surface area contributed by atoms with Crippen LogP contribution in [-0.2, 0) is 9.53 Å². The van der Waals surface area contributed by atoms with E-state index < -0.39 is 0 Å². The summed E-state index contributed by atoms with van der Waals surface area (Å²) in [6, 6.07) is 0. The van der Waals surface area contributed by atoms with Crippen LogP contribution in [0.5, 0.6) is 0 Å². The zero-order valence-corrected chi connectivity index (χ0v) is 7.37. The molecule has 1 heterocycles. The average Bonchev–Trinajstić information content (AvgIpc) is 2.14. The lowest BCUT2D eigenvalue weighted by Crippen LogP contribution is -2.16. The van der Waals surface area contributed by atoms with Crippen LogP contribution in [0.1, 0.15) is 25.7 Å². The molecule has 2 nitrogen and oxygen atoms in total. The maximum absolute atomic E-state index is 9.98. The van der Waals surface area contributed by atoms with Crippen molar-refractivity contribution in [2.45, 2.75) is 25.7 Å². The second-order valence-corrected chi connectivity index (χ2v) is 3.19. The Labute approximate surface area is 73.6 Å². The van der Waals surface area contributed by atoms with Crippen LogP contribution >= 0.6 is 0 Å². The standard InChI is InChI=1S/C10H16O2/c11-7-3-1-2-5-10-6-4-8-12-9-10/h1-2,7,10H,3-6,8-9H2/b2-1-. The number of hydrogen-bond acceptors (Lipinski definition) is 2. The molecule has 1 aliphatic heterocycles. The van der Waals surface area contributed by atoms with Gasteiger partial charge in [-0.1, -0.05) is 12.2 Å². The molecular weight excluding hydrogens is 152 g/mol. The lowest BCUT2D eigenvalue weighted by molar-refractivity contribution is -0.107. The van der Waals surface area contributed by atoms with Crippen LogP contribution in [0.2, 0.25) is 0 Å². The van der Waals surface area contributed by atoms with Crippen molar-refractivity contribution in [1.29, 1.82) is 0 Å². The van der Waals surface area contributed by atoms with Crippen LogP contribution in [0.15, 0.2) is 12.2 Å². The van der Waals surface area contributed by atoms with Gasteiger partial charge in [0.15, 0.2) is 0 Å². The van der Waals surface area contributed by atoms with Gasteiger partial charge in [0.2, 0.25) is 0 Å². The topological polar surface area (TPSA) is 26.3 Å². The summed E-state index contributed by atoms with van der Waals surface area (Å²) in [4.78, 5) is 9.98. The summed E-state index contributed by atoms with van der Waals surface area (Å²) in [7, 11) is 0. The minimum Gasteiger partial charge on any atom is -0.381 e. The van der Waals surface area contributed by atoms with E-state index >= 15 is 0 Å². The summed E-state index contributed by atoms with van der Waals surface area (Å²) in [5.41, 5.74) is 0. The molecule has 0 N–H and O–H groups in total. The van der Waals surface area contributed by atoms with Crippen LogP contribution in [0, 0.1) is 5.92 Å². The molecule has 1 fully saturated rings. The van der Waals surface area contributed by atoms with Gasteiger partial charge < -0.3 is 9.53 Å². The third-order valence-corrected chi connectivity index (χ3v) is 2.12. The van der Waals surface area contributed by atoms with Crippen LogP contribution in [-0.4, -0.2) is 19.5 Å². The molecule has 2 heteroatoms. The van der Waals surface area contributed by atoms with Crippen LogP contribution < -0.4 is 0 Å². The van der Waals surface area contributed by atoms with Crippen molar-refractivity contribution in [2.24, 2.45) is 5.92 Å². The Morgan fingerprint density at radius 2 is 2.33 bits per heavy atom. The first-order chi connectivity index (χ1) is 5.93. The molecule has 0 saturated carbocycles. The molecule has 0 aromatic carbocycles. The monoisotopic (exact) mass is 168 g/mol. The quantitative estimate of drug-likeness (QED) is 0.473. The van der Waals surface area contributed by atoms with Gasteiger partial charge >= 0.3 is 0 Å². The average molecular weight is 168 g/mol. The predicted molar refractivity (Wildman–Crippen MR) is 48.0 cm³/mol. The Kier molecular flexibility index (Phi) is 4.69. The molecule has 1 saturated heterocycles. The predicted octanol–water partition coefficient (Wildman–Crippen LogP) is 1.95. The highest BCUT2D eigenvalue weighted by Gasteiger charge is 2.11. The van der Waals surface area contributed by atoms with Gasteiger partial charge in [0.05, 0.1) is 0 Å². The fourth-order valence-electron chi connectivity index (χ4n) is 1.43.